The summed E-state index contributed by atoms with van der Waals surface area (Å²) in [5.41, 5.74) is -0.435. The van der Waals surface area contributed by atoms with E-state index in [9.17, 15) is 14.7 Å². The van der Waals surface area contributed by atoms with Crippen molar-refractivity contribution in [1.82, 2.24) is 4.90 Å². The third-order valence-corrected chi connectivity index (χ3v) is 5.06. The Morgan fingerprint density at radius 1 is 1.25 bits per heavy atom. The molecule has 1 unspecified atom stereocenters. The van der Waals surface area contributed by atoms with Crippen LogP contribution < -0.4 is 0 Å². The minimum Gasteiger partial charge on any atom is -0.481 e. The highest BCUT2D eigenvalue weighted by molar-refractivity contribution is 9.10. The van der Waals surface area contributed by atoms with Crippen molar-refractivity contribution in [2.45, 2.75) is 6.42 Å². The number of carboxylic acid groups (broad SMARTS) is 1. The Hall–Kier alpha value is -1.92. The van der Waals surface area contributed by atoms with Crippen LogP contribution in [0.25, 0.3) is 10.8 Å². The lowest BCUT2D eigenvalue weighted by atomic mass is 9.88. The fourth-order valence-corrected chi connectivity index (χ4v) is 3.59. The molecule has 2 aromatic carbocycles. The first-order valence-corrected chi connectivity index (χ1v) is 8.45. The number of halogens is 1. The number of rotatable bonds is 4. The van der Waals surface area contributed by atoms with Gasteiger partial charge in [-0.05, 0) is 41.5 Å². The number of nitrogens with zero attached hydrogens (tertiary/aromatic N) is 1. The molecule has 0 saturated carbocycles. The molecule has 1 heterocycles. The number of hydrogen-bond donors (Lipinski definition) is 1. The van der Waals surface area contributed by atoms with E-state index in [1.807, 2.05) is 30.3 Å². The van der Waals surface area contributed by atoms with Crippen LogP contribution in [0, 0.1) is 5.41 Å². The number of carbonyl (C=O) groups is 2. The minimum absolute atomic E-state index is 0.109. The number of methoxy groups -OCH3 is 1. The van der Waals surface area contributed by atoms with Gasteiger partial charge >= 0.3 is 5.97 Å². The lowest BCUT2D eigenvalue weighted by molar-refractivity contribution is -0.151. The van der Waals surface area contributed by atoms with E-state index in [0.717, 1.165) is 15.2 Å². The first kappa shape index (κ1) is 16.9. The number of carbonyl (C=O) groups excluding carboxylic acids is 1. The molecule has 0 bridgehead atoms. The van der Waals surface area contributed by atoms with E-state index < -0.39 is 11.4 Å². The molecule has 0 spiro atoms. The second kappa shape index (κ2) is 6.53. The highest BCUT2D eigenvalue weighted by atomic mass is 79.9. The molecule has 6 heteroatoms. The van der Waals surface area contributed by atoms with Crippen LogP contribution in [0.3, 0.4) is 0 Å². The summed E-state index contributed by atoms with van der Waals surface area (Å²) in [6.45, 7) is 0.706. The molecule has 1 aliphatic rings. The van der Waals surface area contributed by atoms with E-state index in [1.54, 1.807) is 11.0 Å². The average Bonchev–Trinajstić information content (AvgIpc) is 2.99. The van der Waals surface area contributed by atoms with Crippen molar-refractivity contribution in [3.8, 4) is 0 Å². The normalized spacial score (nSPS) is 20.5. The van der Waals surface area contributed by atoms with Gasteiger partial charge in [0.25, 0.3) is 5.91 Å². The number of hydrogen-bond acceptors (Lipinski definition) is 3. The van der Waals surface area contributed by atoms with Gasteiger partial charge in [0.15, 0.2) is 0 Å². The van der Waals surface area contributed by atoms with Crippen LogP contribution in [0.15, 0.2) is 40.9 Å². The molecule has 1 saturated heterocycles. The van der Waals surface area contributed by atoms with Crippen molar-refractivity contribution in [3.05, 3.63) is 46.4 Å². The average molecular weight is 392 g/mol. The summed E-state index contributed by atoms with van der Waals surface area (Å²) in [4.78, 5) is 26.0. The lowest BCUT2D eigenvalue weighted by Crippen LogP contribution is -2.40. The monoisotopic (exact) mass is 391 g/mol. The van der Waals surface area contributed by atoms with E-state index in [0.29, 0.717) is 18.5 Å². The van der Waals surface area contributed by atoms with E-state index in [4.69, 9.17) is 4.74 Å². The van der Waals surface area contributed by atoms with Gasteiger partial charge in [-0.3, -0.25) is 9.59 Å². The van der Waals surface area contributed by atoms with Gasteiger partial charge in [0.2, 0.25) is 0 Å². The Morgan fingerprint density at radius 2 is 1.96 bits per heavy atom. The third-order valence-electron chi connectivity index (χ3n) is 4.56. The Bertz CT molecular complexity index is 807. The molecule has 1 N–H and O–H groups in total. The predicted octanol–water partition coefficient (Wildman–Crippen LogP) is 3.17. The van der Waals surface area contributed by atoms with E-state index >= 15 is 0 Å². The molecule has 3 rings (SSSR count). The van der Waals surface area contributed by atoms with Crippen LogP contribution >= 0.6 is 15.9 Å². The van der Waals surface area contributed by atoms with Gasteiger partial charge in [-0.25, -0.2) is 0 Å². The maximum atomic E-state index is 12.8. The van der Waals surface area contributed by atoms with Gasteiger partial charge < -0.3 is 14.7 Å². The number of aliphatic carboxylic acids is 1. The van der Waals surface area contributed by atoms with Crippen molar-refractivity contribution >= 4 is 38.6 Å². The van der Waals surface area contributed by atoms with E-state index in [2.05, 4.69) is 15.9 Å². The predicted molar refractivity (Wildman–Crippen MR) is 94.1 cm³/mol. The topological polar surface area (TPSA) is 66.8 Å². The Morgan fingerprint density at radius 3 is 2.67 bits per heavy atom. The molecule has 0 radical (unpaired) electrons. The van der Waals surface area contributed by atoms with E-state index in [-0.39, 0.29) is 19.1 Å². The SMILES string of the molecule is COCC1(C(=O)O)CCN(C(=O)c2ccc3cc(Br)ccc3c2)C1. The highest BCUT2D eigenvalue weighted by Crippen LogP contribution is 2.32. The van der Waals surface area contributed by atoms with Gasteiger partial charge in [-0.15, -0.1) is 0 Å². The third kappa shape index (κ3) is 3.03. The van der Waals surface area contributed by atoms with Crippen LogP contribution in [0.5, 0.6) is 0 Å². The van der Waals surface area contributed by atoms with Gasteiger partial charge in [-0.1, -0.05) is 28.1 Å². The largest absolute Gasteiger partial charge is 0.481 e. The molecule has 5 nitrogen and oxygen atoms in total. The molecule has 1 amide bonds. The number of fused-ring (bicyclic) bond motifs is 1. The van der Waals surface area contributed by atoms with Crippen molar-refractivity contribution in [2.75, 3.05) is 26.8 Å². The molecule has 126 valence electrons. The fourth-order valence-electron chi connectivity index (χ4n) is 3.21. The fraction of sp³-hybridized carbons (Fsp3) is 0.333. The van der Waals surface area contributed by atoms with Gasteiger partial charge in [0.1, 0.15) is 5.41 Å². The maximum Gasteiger partial charge on any atom is 0.313 e. The number of benzene rings is 2. The first-order chi connectivity index (χ1) is 11.4. The standard InChI is InChI=1S/C18H18BrNO4/c1-24-11-18(17(22)23)6-7-20(10-18)16(21)14-3-2-13-9-15(19)5-4-12(13)8-14/h2-5,8-9H,6-7,10-11H2,1H3,(H,22,23). The molecule has 1 aliphatic heterocycles. The molecule has 0 aromatic heterocycles. The maximum absolute atomic E-state index is 12.8. The van der Waals surface area contributed by atoms with Crippen molar-refractivity contribution < 1.29 is 19.4 Å². The highest BCUT2D eigenvalue weighted by Gasteiger charge is 2.46. The minimum atomic E-state index is -1.01. The molecular formula is C18H18BrNO4. The second-order valence-electron chi connectivity index (χ2n) is 6.20. The quantitative estimate of drug-likeness (QED) is 0.868. The lowest BCUT2D eigenvalue weighted by Gasteiger charge is -2.23. The zero-order valence-corrected chi connectivity index (χ0v) is 14.9. The van der Waals surface area contributed by atoms with Crippen molar-refractivity contribution in [3.63, 3.8) is 0 Å². The summed E-state index contributed by atoms with van der Waals surface area (Å²) >= 11 is 3.43. The molecule has 1 atom stereocenters. The summed E-state index contributed by atoms with van der Waals surface area (Å²) in [6.07, 6.45) is 0.405. The summed E-state index contributed by atoms with van der Waals surface area (Å²) in [7, 11) is 1.48. The van der Waals surface area contributed by atoms with E-state index in [1.165, 1.54) is 7.11 Å². The van der Waals surface area contributed by atoms with Crippen LogP contribution in [0.1, 0.15) is 16.8 Å². The molecule has 0 aliphatic carbocycles. The van der Waals surface area contributed by atoms with Crippen LogP contribution in [0.2, 0.25) is 0 Å². The molecule has 2 aromatic rings. The van der Waals surface area contributed by atoms with Crippen molar-refractivity contribution in [2.24, 2.45) is 5.41 Å². The number of carboxylic acids is 1. The Kier molecular flexibility index (Phi) is 4.60. The zero-order chi connectivity index (χ0) is 17.3. The van der Waals surface area contributed by atoms with Crippen LogP contribution in [-0.2, 0) is 9.53 Å². The summed E-state index contributed by atoms with van der Waals surface area (Å²) in [5, 5.41) is 11.5. The van der Waals surface area contributed by atoms with Crippen LogP contribution in [-0.4, -0.2) is 48.7 Å². The smallest absolute Gasteiger partial charge is 0.313 e. The van der Waals surface area contributed by atoms with Gasteiger partial charge in [0.05, 0.1) is 6.61 Å². The number of ether oxygens (including phenoxy) is 1. The Labute approximate surface area is 148 Å². The number of likely N-dealkylation sites (tertiary alicyclic amines) is 1. The van der Waals surface area contributed by atoms with Gasteiger partial charge in [-0.2, -0.15) is 0 Å². The summed E-state index contributed by atoms with van der Waals surface area (Å²) in [5.74, 6) is -1.05. The van der Waals surface area contributed by atoms with Crippen LogP contribution in [0.4, 0.5) is 0 Å². The zero-order valence-electron chi connectivity index (χ0n) is 13.3. The second-order valence-corrected chi connectivity index (χ2v) is 7.12. The number of amides is 1. The van der Waals surface area contributed by atoms with Crippen molar-refractivity contribution in [1.29, 1.82) is 0 Å². The summed E-state index contributed by atoms with van der Waals surface area (Å²) in [6, 6.07) is 11.4. The molecule has 24 heavy (non-hydrogen) atoms. The molecule has 1 fully saturated rings. The first-order valence-electron chi connectivity index (χ1n) is 7.66. The van der Waals surface area contributed by atoms with Gasteiger partial charge in [0, 0.05) is 30.2 Å². The Balaban J connectivity index is 1.84. The summed E-state index contributed by atoms with van der Waals surface area (Å²) < 4.78 is 6.06. The molecular weight excluding hydrogens is 374 g/mol.